The molecule has 1 aromatic rings. The summed E-state index contributed by atoms with van der Waals surface area (Å²) in [5.74, 6) is 2.49. The highest BCUT2D eigenvalue weighted by molar-refractivity contribution is 7.99. The van der Waals surface area contributed by atoms with Crippen molar-refractivity contribution < 1.29 is 4.79 Å². The van der Waals surface area contributed by atoms with Gasteiger partial charge < -0.3 is 4.90 Å². The number of nitrogens with zero attached hydrogens (tertiary/aromatic N) is 3. The Morgan fingerprint density at radius 3 is 2.61 bits per heavy atom. The molecule has 5 heteroatoms. The Kier molecular flexibility index (Phi) is 6.49. The molecular formula is C18H25N3OS. The summed E-state index contributed by atoms with van der Waals surface area (Å²) in [6.07, 6.45) is 1.17. The standard InChI is InChI=1S/C18H25N3OS/c1-14(2)21(11-16-6-4-15(10-19)5-7-16)18(22)12-20(3)17-8-9-23-13-17/h4-7,14,17H,8-9,11-13H2,1-3H3. The van der Waals surface area contributed by atoms with Gasteiger partial charge in [-0.3, -0.25) is 9.69 Å². The van der Waals surface area contributed by atoms with Crippen LogP contribution >= 0.6 is 11.8 Å². The van der Waals surface area contributed by atoms with Crippen molar-refractivity contribution >= 4 is 17.7 Å². The molecule has 1 aliphatic rings. The van der Waals surface area contributed by atoms with Gasteiger partial charge in [-0.15, -0.1) is 0 Å². The Labute approximate surface area is 143 Å². The molecule has 2 rings (SSSR count). The van der Waals surface area contributed by atoms with E-state index in [0.29, 0.717) is 24.7 Å². The maximum atomic E-state index is 12.7. The van der Waals surface area contributed by atoms with Crippen molar-refractivity contribution in [1.29, 1.82) is 5.26 Å². The van der Waals surface area contributed by atoms with Gasteiger partial charge in [0.1, 0.15) is 0 Å². The highest BCUT2D eigenvalue weighted by Gasteiger charge is 2.24. The first-order valence-electron chi connectivity index (χ1n) is 8.07. The maximum Gasteiger partial charge on any atom is 0.237 e. The molecule has 124 valence electrons. The summed E-state index contributed by atoms with van der Waals surface area (Å²) in [6, 6.07) is 10.3. The van der Waals surface area contributed by atoms with E-state index in [1.54, 1.807) is 12.1 Å². The number of thioether (sulfide) groups is 1. The van der Waals surface area contributed by atoms with Crippen LogP contribution in [0.3, 0.4) is 0 Å². The van der Waals surface area contributed by atoms with E-state index < -0.39 is 0 Å². The van der Waals surface area contributed by atoms with Crippen molar-refractivity contribution in [2.45, 2.75) is 38.9 Å². The molecule has 4 nitrogen and oxygen atoms in total. The van der Waals surface area contributed by atoms with Gasteiger partial charge in [-0.1, -0.05) is 12.1 Å². The number of hydrogen-bond donors (Lipinski definition) is 0. The molecule has 0 spiro atoms. The van der Waals surface area contributed by atoms with Crippen LogP contribution in [0.2, 0.25) is 0 Å². The van der Waals surface area contributed by atoms with Crippen LogP contribution in [0.5, 0.6) is 0 Å². The number of rotatable bonds is 6. The Hall–Kier alpha value is -1.51. The summed E-state index contributed by atoms with van der Waals surface area (Å²) >= 11 is 1.97. The van der Waals surface area contributed by atoms with Gasteiger partial charge >= 0.3 is 0 Å². The zero-order valence-electron chi connectivity index (χ0n) is 14.2. The van der Waals surface area contributed by atoms with Gasteiger partial charge in [0.2, 0.25) is 5.91 Å². The predicted molar refractivity (Wildman–Crippen MR) is 95.2 cm³/mol. The van der Waals surface area contributed by atoms with Gasteiger partial charge in [-0.2, -0.15) is 17.0 Å². The quantitative estimate of drug-likeness (QED) is 0.804. The lowest BCUT2D eigenvalue weighted by atomic mass is 10.1. The molecule has 1 heterocycles. The van der Waals surface area contributed by atoms with Crippen LogP contribution in [0, 0.1) is 11.3 Å². The number of carbonyl (C=O) groups is 1. The Balaban J connectivity index is 1.98. The highest BCUT2D eigenvalue weighted by Crippen LogP contribution is 2.21. The van der Waals surface area contributed by atoms with E-state index in [1.807, 2.05) is 42.6 Å². The molecule has 1 unspecified atom stereocenters. The molecule has 1 aliphatic heterocycles. The zero-order valence-corrected chi connectivity index (χ0v) is 15.0. The topological polar surface area (TPSA) is 47.3 Å². The normalized spacial score (nSPS) is 17.5. The smallest absolute Gasteiger partial charge is 0.237 e. The van der Waals surface area contributed by atoms with Gasteiger partial charge in [0.15, 0.2) is 0 Å². The van der Waals surface area contributed by atoms with E-state index in [-0.39, 0.29) is 11.9 Å². The summed E-state index contributed by atoms with van der Waals surface area (Å²) < 4.78 is 0. The number of carbonyl (C=O) groups excluding carboxylic acids is 1. The second-order valence-electron chi connectivity index (χ2n) is 6.36. The van der Waals surface area contributed by atoms with Gasteiger partial charge in [-0.05, 0) is 50.8 Å². The van der Waals surface area contributed by atoms with Gasteiger partial charge in [-0.25, -0.2) is 0 Å². The van der Waals surface area contributed by atoms with Crippen molar-refractivity contribution in [3.05, 3.63) is 35.4 Å². The fourth-order valence-electron chi connectivity index (χ4n) is 2.74. The van der Waals surface area contributed by atoms with Crippen LogP contribution in [0.25, 0.3) is 0 Å². The third-order valence-corrected chi connectivity index (χ3v) is 5.44. The fourth-order valence-corrected chi connectivity index (χ4v) is 4.04. The first-order valence-corrected chi connectivity index (χ1v) is 9.23. The van der Waals surface area contributed by atoms with Crippen LogP contribution in [-0.4, -0.2) is 52.9 Å². The number of hydrogen-bond acceptors (Lipinski definition) is 4. The van der Waals surface area contributed by atoms with E-state index in [4.69, 9.17) is 5.26 Å². The largest absolute Gasteiger partial charge is 0.335 e. The minimum atomic E-state index is 0.157. The summed E-state index contributed by atoms with van der Waals surface area (Å²) in [5, 5.41) is 8.87. The number of nitriles is 1. The molecule has 1 fully saturated rings. The Morgan fingerprint density at radius 2 is 2.09 bits per heavy atom. The fraction of sp³-hybridized carbons (Fsp3) is 0.556. The lowest BCUT2D eigenvalue weighted by Gasteiger charge is -2.31. The average molecular weight is 331 g/mol. The molecule has 1 saturated heterocycles. The third-order valence-electron chi connectivity index (χ3n) is 4.29. The minimum Gasteiger partial charge on any atom is -0.335 e. The molecule has 0 bridgehead atoms. The van der Waals surface area contributed by atoms with Crippen molar-refractivity contribution in [1.82, 2.24) is 9.80 Å². The van der Waals surface area contributed by atoms with E-state index in [9.17, 15) is 4.79 Å². The molecule has 0 radical (unpaired) electrons. The van der Waals surface area contributed by atoms with E-state index in [2.05, 4.69) is 18.0 Å². The maximum absolute atomic E-state index is 12.7. The van der Waals surface area contributed by atoms with E-state index in [0.717, 1.165) is 11.3 Å². The number of benzene rings is 1. The zero-order chi connectivity index (χ0) is 16.8. The van der Waals surface area contributed by atoms with Crippen LogP contribution in [0.15, 0.2) is 24.3 Å². The van der Waals surface area contributed by atoms with Gasteiger partial charge in [0, 0.05) is 24.4 Å². The van der Waals surface area contributed by atoms with Crippen LogP contribution in [-0.2, 0) is 11.3 Å². The average Bonchev–Trinajstić information content (AvgIpc) is 3.07. The van der Waals surface area contributed by atoms with E-state index >= 15 is 0 Å². The molecule has 1 atom stereocenters. The first-order chi connectivity index (χ1) is 11.0. The second-order valence-corrected chi connectivity index (χ2v) is 7.51. The monoisotopic (exact) mass is 331 g/mol. The summed E-state index contributed by atoms with van der Waals surface area (Å²) in [5.41, 5.74) is 1.71. The number of amides is 1. The first kappa shape index (κ1) is 17.8. The molecule has 1 amide bonds. The summed E-state index contributed by atoms with van der Waals surface area (Å²) in [7, 11) is 2.05. The summed E-state index contributed by atoms with van der Waals surface area (Å²) in [6.45, 7) is 5.16. The molecule has 0 aliphatic carbocycles. The lowest BCUT2D eigenvalue weighted by Crippen LogP contribution is -2.45. The van der Waals surface area contributed by atoms with E-state index in [1.165, 1.54) is 12.2 Å². The van der Waals surface area contributed by atoms with Crippen LogP contribution in [0.4, 0.5) is 0 Å². The van der Waals surface area contributed by atoms with Crippen molar-refractivity contribution in [2.24, 2.45) is 0 Å². The van der Waals surface area contributed by atoms with Crippen LogP contribution in [0.1, 0.15) is 31.4 Å². The van der Waals surface area contributed by atoms with Crippen molar-refractivity contribution in [2.75, 3.05) is 25.1 Å². The Bertz CT molecular complexity index is 559. The van der Waals surface area contributed by atoms with Crippen molar-refractivity contribution in [3.8, 4) is 6.07 Å². The second kappa shape index (κ2) is 8.37. The molecule has 23 heavy (non-hydrogen) atoms. The third kappa shape index (κ3) is 4.98. The molecule has 0 N–H and O–H groups in total. The molecular weight excluding hydrogens is 306 g/mol. The highest BCUT2D eigenvalue weighted by atomic mass is 32.2. The molecule has 0 saturated carbocycles. The molecule has 1 aromatic carbocycles. The minimum absolute atomic E-state index is 0.157. The number of likely N-dealkylation sites (N-methyl/N-ethyl adjacent to an activating group) is 1. The van der Waals surface area contributed by atoms with Gasteiger partial charge in [0.25, 0.3) is 0 Å². The predicted octanol–water partition coefficient (Wildman–Crippen LogP) is 2.73. The summed E-state index contributed by atoms with van der Waals surface area (Å²) in [4.78, 5) is 16.8. The lowest BCUT2D eigenvalue weighted by molar-refractivity contribution is -0.134. The SMILES string of the molecule is CC(C)N(Cc1ccc(C#N)cc1)C(=O)CN(C)C1CCSC1. The van der Waals surface area contributed by atoms with Gasteiger partial charge in [0.05, 0.1) is 18.2 Å². The van der Waals surface area contributed by atoms with Crippen LogP contribution < -0.4 is 0 Å². The molecule has 0 aromatic heterocycles. The Morgan fingerprint density at radius 1 is 1.39 bits per heavy atom. The van der Waals surface area contributed by atoms with Crippen molar-refractivity contribution in [3.63, 3.8) is 0 Å².